The van der Waals surface area contributed by atoms with Crippen LogP contribution in [0.5, 0.6) is 11.8 Å². The summed E-state index contributed by atoms with van der Waals surface area (Å²) in [5, 5.41) is 13.7. The van der Waals surface area contributed by atoms with E-state index in [1.54, 1.807) is 30.1 Å². The molecule has 0 saturated carbocycles. The summed E-state index contributed by atoms with van der Waals surface area (Å²) in [6.45, 7) is 1.72. The van der Waals surface area contributed by atoms with Gasteiger partial charge in [0.15, 0.2) is 0 Å². The van der Waals surface area contributed by atoms with Crippen LogP contribution in [0.4, 0.5) is 0 Å². The van der Waals surface area contributed by atoms with Gasteiger partial charge in [-0.1, -0.05) is 30.3 Å². The number of aromatic nitrogens is 3. The molecule has 0 fully saturated rings. The molecule has 1 unspecified atom stereocenters. The Morgan fingerprint density at radius 1 is 1.05 bits per heavy atom. The summed E-state index contributed by atoms with van der Waals surface area (Å²) in [4.78, 5) is 4.13. The van der Waals surface area contributed by atoms with Crippen LogP contribution in [-0.2, 0) is 0 Å². The topological polar surface area (TPSA) is 60.2 Å². The van der Waals surface area contributed by atoms with Crippen LogP contribution in [0.2, 0.25) is 0 Å². The number of rotatable bonds is 4. The SMILES string of the molecule is CC(O)c1ccc(Oc2ncn(-c3ccccc3)n2)cc1. The van der Waals surface area contributed by atoms with Gasteiger partial charge in [0.1, 0.15) is 12.1 Å². The largest absolute Gasteiger partial charge is 0.423 e. The van der Waals surface area contributed by atoms with E-state index in [0.717, 1.165) is 11.3 Å². The van der Waals surface area contributed by atoms with E-state index >= 15 is 0 Å². The van der Waals surface area contributed by atoms with Crippen molar-refractivity contribution in [3.8, 4) is 17.4 Å². The maximum atomic E-state index is 9.46. The Morgan fingerprint density at radius 3 is 2.43 bits per heavy atom. The van der Waals surface area contributed by atoms with Crippen molar-refractivity contribution in [3.05, 3.63) is 66.5 Å². The summed E-state index contributed by atoms with van der Waals surface area (Å²) in [7, 11) is 0. The van der Waals surface area contributed by atoms with Crippen molar-refractivity contribution in [2.45, 2.75) is 13.0 Å². The molecule has 2 aromatic carbocycles. The molecule has 0 radical (unpaired) electrons. The fraction of sp³-hybridized carbons (Fsp3) is 0.125. The predicted molar refractivity (Wildman–Crippen MR) is 78.5 cm³/mol. The molecule has 3 rings (SSSR count). The second-order valence-corrected chi connectivity index (χ2v) is 4.65. The number of hydrogen-bond donors (Lipinski definition) is 1. The Balaban J connectivity index is 1.75. The summed E-state index contributed by atoms with van der Waals surface area (Å²) in [5.41, 5.74) is 1.76. The minimum Gasteiger partial charge on any atom is -0.423 e. The predicted octanol–water partition coefficient (Wildman–Crippen LogP) is 3.11. The fourth-order valence-corrected chi connectivity index (χ4v) is 1.92. The summed E-state index contributed by atoms with van der Waals surface area (Å²) < 4.78 is 7.24. The highest BCUT2D eigenvalue weighted by Crippen LogP contribution is 2.21. The van der Waals surface area contributed by atoms with Crippen LogP contribution in [0.25, 0.3) is 5.69 Å². The van der Waals surface area contributed by atoms with Gasteiger partial charge in [-0.25, -0.2) is 4.68 Å². The van der Waals surface area contributed by atoms with Crippen LogP contribution < -0.4 is 4.74 Å². The summed E-state index contributed by atoms with van der Waals surface area (Å²) >= 11 is 0. The fourth-order valence-electron chi connectivity index (χ4n) is 1.92. The first kappa shape index (κ1) is 13.3. The average Bonchev–Trinajstić information content (AvgIpc) is 2.97. The van der Waals surface area contributed by atoms with Gasteiger partial charge in [0.2, 0.25) is 0 Å². The third-order valence-electron chi connectivity index (χ3n) is 3.06. The molecule has 0 spiro atoms. The average molecular weight is 281 g/mol. The van der Waals surface area contributed by atoms with E-state index in [-0.39, 0.29) is 6.01 Å². The molecule has 5 heteroatoms. The smallest absolute Gasteiger partial charge is 0.341 e. The highest BCUT2D eigenvalue weighted by molar-refractivity contribution is 5.31. The van der Waals surface area contributed by atoms with Gasteiger partial charge in [0, 0.05) is 0 Å². The molecule has 0 amide bonds. The Kier molecular flexibility index (Phi) is 3.66. The van der Waals surface area contributed by atoms with Gasteiger partial charge in [-0.3, -0.25) is 0 Å². The van der Waals surface area contributed by atoms with Gasteiger partial charge in [-0.05, 0) is 36.8 Å². The van der Waals surface area contributed by atoms with E-state index in [2.05, 4.69) is 10.1 Å². The van der Waals surface area contributed by atoms with Crippen molar-refractivity contribution in [2.75, 3.05) is 0 Å². The quantitative estimate of drug-likeness (QED) is 0.798. The number of aliphatic hydroxyl groups is 1. The maximum Gasteiger partial charge on any atom is 0.341 e. The first-order valence-electron chi connectivity index (χ1n) is 6.65. The summed E-state index contributed by atoms with van der Waals surface area (Å²) in [6.07, 6.45) is 1.11. The molecule has 106 valence electrons. The normalized spacial score (nSPS) is 12.1. The molecule has 1 heterocycles. The van der Waals surface area contributed by atoms with Crippen LogP contribution in [0.1, 0.15) is 18.6 Å². The number of para-hydroxylation sites is 1. The van der Waals surface area contributed by atoms with Crippen molar-refractivity contribution in [1.82, 2.24) is 14.8 Å². The lowest BCUT2D eigenvalue weighted by atomic mass is 10.1. The van der Waals surface area contributed by atoms with Crippen LogP contribution in [0, 0.1) is 0 Å². The molecule has 0 saturated heterocycles. The molecule has 21 heavy (non-hydrogen) atoms. The molecule has 0 aliphatic carbocycles. The first-order valence-corrected chi connectivity index (χ1v) is 6.65. The van der Waals surface area contributed by atoms with E-state index in [1.165, 1.54) is 0 Å². The zero-order valence-electron chi connectivity index (χ0n) is 11.5. The third-order valence-corrected chi connectivity index (χ3v) is 3.06. The van der Waals surface area contributed by atoms with Crippen molar-refractivity contribution in [1.29, 1.82) is 0 Å². The molecule has 1 atom stereocenters. The summed E-state index contributed by atoms with van der Waals surface area (Å²) in [6, 6.07) is 17.2. The van der Waals surface area contributed by atoms with E-state index in [4.69, 9.17) is 4.74 Å². The highest BCUT2D eigenvalue weighted by atomic mass is 16.5. The first-order chi connectivity index (χ1) is 10.2. The molecule has 0 aliphatic rings. The Morgan fingerprint density at radius 2 is 1.76 bits per heavy atom. The number of nitrogens with zero attached hydrogens (tertiary/aromatic N) is 3. The Bertz CT molecular complexity index is 706. The maximum absolute atomic E-state index is 9.46. The molecular weight excluding hydrogens is 266 g/mol. The molecule has 1 N–H and O–H groups in total. The van der Waals surface area contributed by atoms with E-state index < -0.39 is 6.10 Å². The van der Waals surface area contributed by atoms with E-state index in [1.807, 2.05) is 42.5 Å². The lowest BCUT2D eigenvalue weighted by Crippen LogP contribution is -1.95. The Hall–Kier alpha value is -2.66. The van der Waals surface area contributed by atoms with Gasteiger partial charge >= 0.3 is 6.01 Å². The summed E-state index contributed by atoms with van der Waals surface area (Å²) in [5.74, 6) is 0.630. The van der Waals surface area contributed by atoms with Crippen molar-refractivity contribution in [2.24, 2.45) is 0 Å². The second kappa shape index (κ2) is 5.76. The molecule has 0 bridgehead atoms. The zero-order valence-corrected chi connectivity index (χ0v) is 11.5. The number of hydrogen-bond acceptors (Lipinski definition) is 4. The van der Waals surface area contributed by atoms with Crippen LogP contribution in [-0.4, -0.2) is 19.9 Å². The number of benzene rings is 2. The van der Waals surface area contributed by atoms with Crippen molar-refractivity contribution >= 4 is 0 Å². The van der Waals surface area contributed by atoms with Crippen molar-refractivity contribution in [3.63, 3.8) is 0 Å². The highest BCUT2D eigenvalue weighted by Gasteiger charge is 2.06. The van der Waals surface area contributed by atoms with Crippen LogP contribution in [0.3, 0.4) is 0 Å². The number of aliphatic hydroxyl groups excluding tert-OH is 1. The van der Waals surface area contributed by atoms with E-state index in [9.17, 15) is 5.11 Å². The van der Waals surface area contributed by atoms with E-state index in [0.29, 0.717) is 5.75 Å². The van der Waals surface area contributed by atoms with Gasteiger partial charge in [0.05, 0.1) is 11.8 Å². The van der Waals surface area contributed by atoms with Gasteiger partial charge in [-0.15, -0.1) is 5.10 Å². The lowest BCUT2D eigenvalue weighted by molar-refractivity contribution is 0.199. The molecule has 5 nitrogen and oxygen atoms in total. The number of ether oxygens (including phenoxy) is 1. The molecule has 3 aromatic rings. The van der Waals surface area contributed by atoms with Crippen LogP contribution >= 0.6 is 0 Å². The van der Waals surface area contributed by atoms with Crippen molar-refractivity contribution < 1.29 is 9.84 Å². The monoisotopic (exact) mass is 281 g/mol. The molecular formula is C16H15N3O2. The molecule has 1 aromatic heterocycles. The minimum atomic E-state index is -0.491. The lowest BCUT2D eigenvalue weighted by Gasteiger charge is -2.05. The Labute approximate surface area is 122 Å². The zero-order chi connectivity index (χ0) is 14.7. The van der Waals surface area contributed by atoms with Gasteiger partial charge < -0.3 is 9.84 Å². The third kappa shape index (κ3) is 3.09. The van der Waals surface area contributed by atoms with Crippen LogP contribution in [0.15, 0.2) is 60.9 Å². The molecule has 0 aliphatic heterocycles. The standard InChI is InChI=1S/C16H15N3O2/c1-12(20)13-7-9-15(10-8-13)21-16-17-11-19(18-16)14-5-3-2-4-6-14/h2-12,20H,1H3. The van der Waals surface area contributed by atoms with Gasteiger partial charge in [-0.2, -0.15) is 4.98 Å². The minimum absolute atomic E-state index is 0.281. The van der Waals surface area contributed by atoms with Gasteiger partial charge in [0.25, 0.3) is 0 Å². The second-order valence-electron chi connectivity index (χ2n) is 4.65.